The molecule has 1 N–H and O–H groups in total. The number of anilines is 1. The molecule has 0 unspecified atom stereocenters. The van der Waals surface area contributed by atoms with Crippen molar-refractivity contribution in [1.29, 1.82) is 0 Å². The van der Waals surface area contributed by atoms with Crippen LogP contribution in [-0.2, 0) is 25.9 Å². The summed E-state index contributed by atoms with van der Waals surface area (Å²) in [5.74, 6) is 1.99. The van der Waals surface area contributed by atoms with Gasteiger partial charge in [-0.05, 0) is 19.3 Å². The first kappa shape index (κ1) is 16.2. The van der Waals surface area contributed by atoms with Crippen LogP contribution >= 0.6 is 11.3 Å². The van der Waals surface area contributed by atoms with Gasteiger partial charge in [-0.15, -0.1) is 15.3 Å². The Morgan fingerprint density at radius 3 is 3.08 bits per heavy atom. The molecule has 132 valence electrons. The van der Waals surface area contributed by atoms with Gasteiger partial charge >= 0.3 is 0 Å². The van der Waals surface area contributed by atoms with Crippen LogP contribution in [0, 0.1) is 0 Å². The number of nitrogens with zero attached hydrogens (tertiary/aromatic N) is 6. The van der Waals surface area contributed by atoms with E-state index < -0.39 is 0 Å². The molecule has 0 spiro atoms. The molecular weight excluding hydrogens is 338 g/mol. The summed E-state index contributed by atoms with van der Waals surface area (Å²) in [6.45, 7) is 3.59. The molecule has 1 aliphatic heterocycles. The first-order valence-electron chi connectivity index (χ1n) is 8.79. The quantitative estimate of drug-likeness (QED) is 0.750. The number of rotatable bonds is 5. The first-order valence-corrected chi connectivity index (χ1v) is 9.61. The maximum atomic E-state index is 12.2. The number of aromatic nitrogens is 6. The van der Waals surface area contributed by atoms with E-state index in [-0.39, 0.29) is 5.56 Å². The average molecular weight is 359 g/mol. The molecule has 25 heavy (non-hydrogen) atoms. The van der Waals surface area contributed by atoms with Gasteiger partial charge in [0.05, 0.1) is 6.54 Å². The molecule has 3 aromatic rings. The third-order valence-electron chi connectivity index (χ3n) is 4.39. The number of aryl methyl sites for hydroxylation is 2. The van der Waals surface area contributed by atoms with Crippen molar-refractivity contribution in [2.45, 2.75) is 58.5 Å². The van der Waals surface area contributed by atoms with E-state index in [4.69, 9.17) is 0 Å². The number of hydrogen-bond donors (Lipinski definition) is 1. The van der Waals surface area contributed by atoms with Gasteiger partial charge in [-0.1, -0.05) is 31.1 Å². The molecule has 9 heteroatoms. The summed E-state index contributed by atoms with van der Waals surface area (Å²) >= 11 is 1.39. The normalized spacial score (nSPS) is 14.4. The molecule has 0 aromatic carbocycles. The van der Waals surface area contributed by atoms with Gasteiger partial charge in [-0.3, -0.25) is 4.79 Å². The summed E-state index contributed by atoms with van der Waals surface area (Å²) in [4.78, 5) is 17.3. The molecule has 1 aliphatic rings. The molecule has 0 atom stereocenters. The highest BCUT2D eigenvalue weighted by atomic mass is 32.1. The smallest absolute Gasteiger partial charge is 0.275 e. The molecule has 4 heterocycles. The van der Waals surface area contributed by atoms with E-state index >= 15 is 0 Å². The van der Waals surface area contributed by atoms with E-state index in [1.807, 2.05) is 0 Å². The third kappa shape index (κ3) is 3.28. The van der Waals surface area contributed by atoms with E-state index in [2.05, 4.69) is 37.1 Å². The van der Waals surface area contributed by atoms with Crippen LogP contribution in [0.3, 0.4) is 0 Å². The lowest BCUT2D eigenvalue weighted by Crippen LogP contribution is -2.15. The van der Waals surface area contributed by atoms with Gasteiger partial charge in [0, 0.05) is 24.7 Å². The van der Waals surface area contributed by atoms with Crippen LogP contribution < -0.4 is 10.9 Å². The minimum atomic E-state index is -0.130. The Hall–Kier alpha value is -2.29. The summed E-state index contributed by atoms with van der Waals surface area (Å²) in [5, 5.41) is 16.9. The Balaban J connectivity index is 1.54. The van der Waals surface area contributed by atoms with Crippen LogP contribution in [0.15, 0.2) is 10.9 Å². The molecular formula is C16H21N7OS. The highest BCUT2D eigenvalue weighted by Crippen LogP contribution is 2.19. The topological polar surface area (TPSA) is 90.0 Å². The number of hydrogen-bond acceptors (Lipinski definition) is 7. The van der Waals surface area contributed by atoms with Crippen LogP contribution in [0.2, 0.25) is 0 Å². The van der Waals surface area contributed by atoms with Gasteiger partial charge in [-0.25, -0.2) is 4.98 Å². The summed E-state index contributed by atoms with van der Waals surface area (Å²) < 4.78 is 3.56. The molecule has 4 rings (SSSR count). The van der Waals surface area contributed by atoms with Crippen LogP contribution in [0.25, 0.3) is 4.96 Å². The monoisotopic (exact) mass is 359 g/mol. The molecule has 0 radical (unpaired) electrons. The molecule has 0 bridgehead atoms. The molecule has 0 aliphatic carbocycles. The van der Waals surface area contributed by atoms with Crippen molar-refractivity contribution in [2.24, 2.45) is 0 Å². The average Bonchev–Trinajstić information content (AvgIpc) is 3.10. The second-order valence-electron chi connectivity index (χ2n) is 6.29. The van der Waals surface area contributed by atoms with Gasteiger partial charge in [0.25, 0.3) is 5.56 Å². The zero-order valence-corrected chi connectivity index (χ0v) is 15.1. The van der Waals surface area contributed by atoms with Gasteiger partial charge in [0.15, 0.2) is 5.82 Å². The predicted molar refractivity (Wildman–Crippen MR) is 96.0 cm³/mol. The van der Waals surface area contributed by atoms with Gasteiger partial charge in [-0.2, -0.15) is 4.52 Å². The van der Waals surface area contributed by atoms with E-state index in [0.717, 1.165) is 43.1 Å². The summed E-state index contributed by atoms with van der Waals surface area (Å²) in [6, 6.07) is 1.57. The van der Waals surface area contributed by atoms with E-state index in [1.165, 1.54) is 35.1 Å². The van der Waals surface area contributed by atoms with Crippen molar-refractivity contribution in [3.05, 3.63) is 33.8 Å². The van der Waals surface area contributed by atoms with E-state index in [1.54, 1.807) is 6.07 Å². The predicted octanol–water partition coefficient (Wildman–Crippen LogP) is 2.03. The molecule has 0 fully saturated rings. The lowest BCUT2D eigenvalue weighted by Gasteiger charge is -2.06. The van der Waals surface area contributed by atoms with Crippen LogP contribution in [0.5, 0.6) is 0 Å². The Kier molecular flexibility index (Phi) is 4.48. The lowest BCUT2D eigenvalue weighted by atomic mass is 10.2. The zero-order valence-electron chi connectivity index (χ0n) is 14.2. The standard InChI is InChI=1S/C16H21N7OS/c1-2-6-11-9-14(24)23-16(18-11)25-15(21-23)17-10-13-20-19-12-7-4-3-5-8-22(12)13/h9H,2-8,10H2,1H3,(H,17,21). The van der Waals surface area contributed by atoms with Gasteiger partial charge in [0.1, 0.15) is 5.82 Å². The minimum Gasteiger partial charge on any atom is -0.353 e. The van der Waals surface area contributed by atoms with Crippen molar-refractivity contribution in [3.63, 3.8) is 0 Å². The Morgan fingerprint density at radius 1 is 1.28 bits per heavy atom. The fourth-order valence-corrected chi connectivity index (χ4v) is 3.96. The molecule has 0 saturated carbocycles. The maximum Gasteiger partial charge on any atom is 0.275 e. The molecule has 8 nitrogen and oxygen atoms in total. The maximum absolute atomic E-state index is 12.2. The Labute approximate surface area is 148 Å². The van der Waals surface area contributed by atoms with Crippen LogP contribution in [0.4, 0.5) is 5.13 Å². The van der Waals surface area contributed by atoms with Crippen LogP contribution in [0.1, 0.15) is 49.9 Å². The van der Waals surface area contributed by atoms with Crippen LogP contribution in [-0.4, -0.2) is 29.4 Å². The minimum absolute atomic E-state index is 0.130. The van der Waals surface area contributed by atoms with Gasteiger partial charge < -0.3 is 9.88 Å². The Morgan fingerprint density at radius 2 is 2.20 bits per heavy atom. The summed E-state index contributed by atoms with van der Waals surface area (Å²) in [6.07, 6.45) is 6.34. The second kappa shape index (κ2) is 6.91. The van der Waals surface area contributed by atoms with Gasteiger partial charge in [0.2, 0.25) is 10.1 Å². The van der Waals surface area contributed by atoms with Crippen molar-refractivity contribution in [2.75, 3.05) is 5.32 Å². The number of fused-ring (bicyclic) bond motifs is 2. The fraction of sp³-hybridized carbons (Fsp3) is 0.562. The fourth-order valence-electron chi connectivity index (χ4n) is 3.14. The largest absolute Gasteiger partial charge is 0.353 e. The zero-order chi connectivity index (χ0) is 17.2. The first-order chi connectivity index (χ1) is 12.2. The van der Waals surface area contributed by atoms with E-state index in [9.17, 15) is 4.79 Å². The van der Waals surface area contributed by atoms with Crippen molar-refractivity contribution < 1.29 is 0 Å². The van der Waals surface area contributed by atoms with E-state index in [0.29, 0.717) is 16.6 Å². The SMILES string of the molecule is CCCc1cc(=O)n2nc(NCc3nnc4n3CCCCC4)sc2n1. The summed E-state index contributed by atoms with van der Waals surface area (Å²) in [7, 11) is 0. The second-order valence-corrected chi connectivity index (χ2v) is 7.24. The molecule has 0 amide bonds. The Bertz CT molecular complexity index is 942. The molecule has 3 aromatic heterocycles. The van der Waals surface area contributed by atoms with Crippen molar-refractivity contribution >= 4 is 21.4 Å². The number of nitrogens with one attached hydrogen (secondary N) is 1. The van der Waals surface area contributed by atoms with Crippen molar-refractivity contribution in [3.8, 4) is 0 Å². The highest BCUT2D eigenvalue weighted by Gasteiger charge is 2.15. The summed E-state index contributed by atoms with van der Waals surface area (Å²) in [5.41, 5.74) is 0.694. The van der Waals surface area contributed by atoms with Crippen molar-refractivity contribution in [1.82, 2.24) is 29.4 Å². The third-order valence-corrected chi connectivity index (χ3v) is 5.25. The highest BCUT2D eigenvalue weighted by molar-refractivity contribution is 7.20. The molecule has 0 saturated heterocycles. The lowest BCUT2D eigenvalue weighted by molar-refractivity contribution is 0.610.